The topological polar surface area (TPSA) is 61.0 Å². The lowest BCUT2D eigenvalue weighted by Gasteiger charge is -2.10. The minimum Gasteiger partial charge on any atom is -0.474 e. The molecular weight excluding hydrogens is 198 g/mol. The standard InChI is InChI=1S/C9H13N3OS/c1-3-6(2)13-8-5-11-7(4-12-8)9(10)14/h4-6H,3H2,1-2H3,(H2,10,14). The molecule has 0 saturated heterocycles. The van der Waals surface area contributed by atoms with Gasteiger partial charge in [-0.05, 0) is 13.3 Å². The zero-order chi connectivity index (χ0) is 10.6. The highest BCUT2D eigenvalue weighted by Crippen LogP contribution is 2.07. The van der Waals surface area contributed by atoms with Crippen LogP contribution in [0.5, 0.6) is 5.88 Å². The molecule has 0 radical (unpaired) electrons. The van der Waals surface area contributed by atoms with Crippen LogP contribution in [0.2, 0.25) is 0 Å². The molecule has 4 nitrogen and oxygen atoms in total. The van der Waals surface area contributed by atoms with Crippen LogP contribution in [0.4, 0.5) is 0 Å². The Morgan fingerprint density at radius 3 is 2.71 bits per heavy atom. The van der Waals surface area contributed by atoms with Gasteiger partial charge in [0.05, 0.1) is 18.5 Å². The van der Waals surface area contributed by atoms with Gasteiger partial charge in [0.1, 0.15) is 10.7 Å². The van der Waals surface area contributed by atoms with E-state index in [2.05, 4.69) is 9.97 Å². The zero-order valence-corrected chi connectivity index (χ0v) is 9.04. The number of ether oxygens (including phenoxy) is 1. The van der Waals surface area contributed by atoms with Crippen molar-refractivity contribution in [3.63, 3.8) is 0 Å². The normalized spacial score (nSPS) is 12.1. The summed E-state index contributed by atoms with van der Waals surface area (Å²) in [6.45, 7) is 4.02. The Morgan fingerprint density at radius 2 is 2.29 bits per heavy atom. The van der Waals surface area contributed by atoms with Crippen LogP contribution < -0.4 is 10.5 Å². The summed E-state index contributed by atoms with van der Waals surface area (Å²) in [5, 5.41) is 0. The van der Waals surface area contributed by atoms with Crippen molar-refractivity contribution < 1.29 is 4.74 Å². The summed E-state index contributed by atoms with van der Waals surface area (Å²) in [4.78, 5) is 8.29. The number of thiocarbonyl (C=S) groups is 1. The Bertz CT molecular complexity index is 312. The van der Waals surface area contributed by atoms with Crippen LogP contribution in [0.3, 0.4) is 0 Å². The summed E-state index contributed by atoms with van der Waals surface area (Å²) >= 11 is 4.75. The lowest BCUT2D eigenvalue weighted by atomic mass is 10.3. The predicted octanol–water partition coefficient (Wildman–Crippen LogP) is 1.29. The van der Waals surface area contributed by atoms with Gasteiger partial charge in [0.2, 0.25) is 5.88 Å². The average Bonchev–Trinajstić information content (AvgIpc) is 2.18. The first-order valence-corrected chi connectivity index (χ1v) is 4.82. The molecule has 0 aliphatic rings. The van der Waals surface area contributed by atoms with Crippen molar-refractivity contribution in [2.75, 3.05) is 0 Å². The number of hydrogen-bond donors (Lipinski definition) is 1. The first kappa shape index (κ1) is 10.8. The van der Waals surface area contributed by atoms with Crippen LogP contribution in [0.25, 0.3) is 0 Å². The van der Waals surface area contributed by atoms with Crippen LogP contribution in [-0.2, 0) is 0 Å². The maximum absolute atomic E-state index is 5.44. The monoisotopic (exact) mass is 211 g/mol. The minimum absolute atomic E-state index is 0.139. The van der Waals surface area contributed by atoms with E-state index in [1.54, 1.807) is 0 Å². The lowest BCUT2D eigenvalue weighted by molar-refractivity contribution is 0.207. The van der Waals surface area contributed by atoms with Crippen LogP contribution in [0, 0.1) is 0 Å². The Labute approximate surface area is 88.5 Å². The van der Waals surface area contributed by atoms with Gasteiger partial charge in [0.25, 0.3) is 0 Å². The van der Waals surface area contributed by atoms with Gasteiger partial charge < -0.3 is 10.5 Å². The van der Waals surface area contributed by atoms with Gasteiger partial charge in [-0.25, -0.2) is 9.97 Å². The SMILES string of the molecule is CCC(C)Oc1cnc(C(N)=S)cn1. The molecule has 5 heteroatoms. The number of nitrogens with zero attached hydrogens (tertiary/aromatic N) is 2. The minimum atomic E-state index is 0.139. The Hall–Kier alpha value is -1.23. The average molecular weight is 211 g/mol. The Morgan fingerprint density at radius 1 is 1.57 bits per heavy atom. The lowest BCUT2D eigenvalue weighted by Crippen LogP contribution is -2.14. The molecule has 0 aliphatic carbocycles. The third-order valence-electron chi connectivity index (χ3n) is 1.78. The fourth-order valence-corrected chi connectivity index (χ4v) is 0.899. The van der Waals surface area contributed by atoms with E-state index in [-0.39, 0.29) is 11.1 Å². The highest BCUT2D eigenvalue weighted by Gasteiger charge is 2.03. The highest BCUT2D eigenvalue weighted by molar-refractivity contribution is 7.80. The molecular formula is C9H13N3OS. The van der Waals surface area contributed by atoms with Crippen molar-refractivity contribution in [1.82, 2.24) is 9.97 Å². The van der Waals surface area contributed by atoms with Gasteiger partial charge >= 0.3 is 0 Å². The van der Waals surface area contributed by atoms with E-state index < -0.39 is 0 Å². The molecule has 76 valence electrons. The van der Waals surface area contributed by atoms with Crippen LogP contribution in [0.1, 0.15) is 26.0 Å². The summed E-state index contributed by atoms with van der Waals surface area (Å²) < 4.78 is 5.44. The molecule has 1 aromatic rings. The fraction of sp³-hybridized carbons (Fsp3) is 0.444. The molecule has 0 aromatic carbocycles. The first-order chi connectivity index (χ1) is 6.63. The summed E-state index contributed by atoms with van der Waals surface area (Å²) in [6.07, 6.45) is 4.11. The van der Waals surface area contributed by atoms with Crippen molar-refractivity contribution in [3.8, 4) is 5.88 Å². The molecule has 0 saturated carbocycles. The summed E-state index contributed by atoms with van der Waals surface area (Å²) in [5.74, 6) is 0.499. The van der Waals surface area contributed by atoms with Gasteiger partial charge in [-0.3, -0.25) is 0 Å². The molecule has 0 bridgehead atoms. The molecule has 0 fully saturated rings. The van der Waals surface area contributed by atoms with Crippen LogP contribution in [-0.4, -0.2) is 21.1 Å². The van der Waals surface area contributed by atoms with Gasteiger partial charge in [0.15, 0.2) is 0 Å². The maximum Gasteiger partial charge on any atom is 0.232 e. The Balaban J connectivity index is 2.68. The van der Waals surface area contributed by atoms with E-state index in [1.807, 2.05) is 13.8 Å². The van der Waals surface area contributed by atoms with Crippen molar-refractivity contribution >= 4 is 17.2 Å². The van der Waals surface area contributed by atoms with Crippen LogP contribution >= 0.6 is 12.2 Å². The molecule has 0 amide bonds. The largest absolute Gasteiger partial charge is 0.474 e. The Kier molecular flexibility index (Phi) is 3.76. The number of hydrogen-bond acceptors (Lipinski definition) is 4. The molecule has 0 spiro atoms. The smallest absolute Gasteiger partial charge is 0.232 e. The zero-order valence-electron chi connectivity index (χ0n) is 8.23. The second kappa shape index (κ2) is 4.85. The van der Waals surface area contributed by atoms with Crippen LogP contribution in [0.15, 0.2) is 12.4 Å². The highest BCUT2D eigenvalue weighted by atomic mass is 32.1. The van der Waals surface area contributed by atoms with Crippen molar-refractivity contribution in [2.24, 2.45) is 5.73 Å². The van der Waals surface area contributed by atoms with Gasteiger partial charge in [-0.15, -0.1) is 0 Å². The molecule has 14 heavy (non-hydrogen) atoms. The second-order valence-electron chi connectivity index (χ2n) is 2.94. The number of aromatic nitrogens is 2. The number of nitrogens with two attached hydrogens (primary N) is 1. The van der Waals surface area contributed by atoms with E-state index in [9.17, 15) is 0 Å². The molecule has 1 rings (SSSR count). The third kappa shape index (κ3) is 2.92. The van der Waals surface area contributed by atoms with E-state index in [0.717, 1.165) is 6.42 Å². The quantitative estimate of drug-likeness (QED) is 0.760. The molecule has 0 aliphatic heterocycles. The van der Waals surface area contributed by atoms with E-state index in [4.69, 9.17) is 22.7 Å². The third-order valence-corrected chi connectivity index (χ3v) is 1.99. The van der Waals surface area contributed by atoms with E-state index in [0.29, 0.717) is 11.6 Å². The van der Waals surface area contributed by atoms with Crippen molar-refractivity contribution in [3.05, 3.63) is 18.1 Å². The predicted molar refractivity (Wildman–Crippen MR) is 58.3 cm³/mol. The first-order valence-electron chi connectivity index (χ1n) is 4.42. The summed E-state index contributed by atoms with van der Waals surface area (Å²) in [5.41, 5.74) is 5.89. The van der Waals surface area contributed by atoms with E-state index >= 15 is 0 Å². The van der Waals surface area contributed by atoms with Crippen molar-refractivity contribution in [2.45, 2.75) is 26.4 Å². The second-order valence-corrected chi connectivity index (χ2v) is 3.38. The van der Waals surface area contributed by atoms with E-state index in [1.165, 1.54) is 12.4 Å². The molecule has 1 aromatic heterocycles. The molecule has 1 atom stereocenters. The summed E-state index contributed by atoms with van der Waals surface area (Å²) in [7, 11) is 0. The molecule has 2 N–H and O–H groups in total. The fourth-order valence-electron chi connectivity index (χ4n) is 0.794. The maximum atomic E-state index is 5.44. The number of rotatable bonds is 4. The van der Waals surface area contributed by atoms with Gasteiger partial charge in [0, 0.05) is 0 Å². The van der Waals surface area contributed by atoms with Crippen molar-refractivity contribution in [1.29, 1.82) is 0 Å². The van der Waals surface area contributed by atoms with Gasteiger partial charge in [-0.1, -0.05) is 19.1 Å². The molecule has 1 unspecified atom stereocenters. The van der Waals surface area contributed by atoms with Gasteiger partial charge in [-0.2, -0.15) is 0 Å². The molecule has 1 heterocycles. The summed E-state index contributed by atoms with van der Waals surface area (Å²) in [6, 6.07) is 0.